The van der Waals surface area contributed by atoms with Crippen molar-refractivity contribution in [2.75, 3.05) is 5.32 Å². The van der Waals surface area contributed by atoms with Crippen LogP contribution in [0.2, 0.25) is 0 Å². The van der Waals surface area contributed by atoms with Crippen molar-refractivity contribution in [2.45, 2.75) is 0 Å². The molecule has 0 bridgehead atoms. The lowest BCUT2D eigenvalue weighted by molar-refractivity contribution is 0.102. The number of H-pyrrole nitrogens is 1. The van der Waals surface area contributed by atoms with E-state index >= 15 is 0 Å². The number of carbonyl (C=O) groups is 1. The number of nitrogens with one attached hydrogen (secondary N) is 2. The van der Waals surface area contributed by atoms with Crippen LogP contribution < -0.4 is 5.32 Å². The summed E-state index contributed by atoms with van der Waals surface area (Å²) in [5, 5.41) is 2.74. The van der Waals surface area contributed by atoms with Crippen molar-refractivity contribution in [1.29, 1.82) is 0 Å². The van der Waals surface area contributed by atoms with Crippen LogP contribution in [-0.2, 0) is 0 Å². The third-order valence-electron chi connectivity index (χ3n) is 2.65. The zero-order chi connectivity index (χ0) is 13.2. The van der Waals surface area contributed by atoms with Crippen molar-refractivity contribution in [2.24, 2.45) is 0 Å². The number of fused-ring (bicyclic) bond motifs is 1. The van der Waals surface area contributed by atoms with Gasteiger partial charge in [0.25, 0.3) is 5.91 Å². The van der Waals surface area contributed by atoms with Gasteiger partial charge >= 0.3 is 0 Å². The van der Waals surface area contributed by atoms with Gasteiger partial charge in [0.15, 0.2) is 0 Å². The third kappa shape index (κ3) is 2.48. The fourth-order valence-corrected chi connectivity index (χ4v) is 1.95. The van der Waals surface area contributed by atoms with Gasteiger partial charge in [-0.1, -0.05) is 0 Å². The fraction of sp³-hybridized carbons (Fsp3) is 0. The Balaban J connectivity index is 1.84. The number of benzene rings is 1. The van der Waals surface area contributed by atoms with Gasteiger partial charge in [-0.15, -0.1) is 0 Å². The van der Waals surface area contributed by atoms with Crippen molar-refractivity contribution in [3.05, 3.63) is 52.9 Å². The number of aromatic amines is 1. The van der Waals surface area contributed by atoms with Gasteiger partial charge in [-0.2, -0.15) is 0 Å². The second kappa shape index (κ2) is 4.81. The first-order valence-electron chi connectivity index (χ1n) is 5.58. The van der Waals surface area contributed by atoms with E-state index in [4.69, 9.17) is 0 Å². The molecule has 0 fully saturated rings. The van der Waals surface area contributed by atoms with Crippen molar-refractivity contribution < 1.29 is 4.79 Å². The molecule has 0 saturated carbocycles. The summed E-state index contributed by atoms with van der Waals surface area (Å²) in [5.41, 5.74) is 2.22. The molecule has 2 heterocycles. The van der Waals surface area contributed by atoms with E-state index in [0.29, 0.717) is 11.4 Å². The van der Waals surface area contributed by atoms with Gasteiger partial charge in [0.2, 0.25) is 0 Å². The Labute approximate surface area is 117 Å². The molecule has 0 aliphatic rings. The van der Waals surface area contributed by atoms with Crippen LogP contribution in [0.3, 0.4) is 0 Å². The molecule has 2 aromatic heterocycles. The lowest BCUT2D eigenvalue weighted by atomic mass is 10.2. The fourth-order valence-electron chi connectivity index (χ4n) is 1.72. The van der Waals surface area contributed by atoms with Crippen LogP contribution in [0.15, 0.2) is 47.3 Å². The van der Waals surface area contributed by atoms with Crippen LogP contribution >= 0.6 is 15.9 Å². The van der Waals surface area contributed by atoms with E-state index in [1.165, 1.54) is 0 Å². The van der Waals surface area contributed by atoms with E-state index in [-0.39, 0.29) is 5.91 Å². The van der Waals surface area contributed by atoms with E-state index in [9.17, 15) is 4.79 Å². The van der Waals surface area contributed by atoms with Gasteiger partial charge in [-0.05, 0) is 46.3 Å². The molecule has 0 saturated heterocycles. The summed E-state index contributed by atoms with van der Waals surface area (Å²) in [7, 11) is 0. The van der Waals surface area contributed by atoms with Crippen LogP contribution in [0, 0.1) is 0 Å². The molecule has 0 radical (unpaired) electrons. The highest BCUT2D eigenvalue weighted by Gasteiger charge is 2.08. The van der Waals surface area contributed by atoms with E-state index in [1.54, 1.807) is 36.8 Å². The highest BCUT2D eigenvalue weighted by Crippen LogP contribution is 2.14. The van der Waals surface area contributed by atoms with Crippen LogP contribution in [0.4, 0.5) is 5.82 Å². The summed E-state index contributed by atoms with van der Waals surface area (Å²) >= 11 is 3.29. The van der Waals surface area contributed by atoms with Gasteiger partial charge in [0.1, 0.15) is 5.82 Å². The molecule has 0 aliphatic heterocycles. The number of nitrogens with zero attached hydrogens (tertiary/aromatic N) is 2. The first kappa shape index (κ1) is 11.9. The number of carbonyl (C=O) groups excluding carboxylic acids is 1. The topological polar surface area (TPSA) is 70.7 Å². The maximum Gasteiger partial charge on any atom is 0.256 e. The number of pyridine rings is 1. The number of aromatic nitrogens is 3. The normalized spacial score (nSPS) is 10.6. The summed E-state index contributed by atoms with van der Waals surface area (Å²) in [5.74, 6) is 0.309. The summed E-state index contributed by atoms with van der Waals surface area (Å²) < 4.78 is 0.865. The minimum atomic E-state index is -0.202. The molecule has 2 N–H and O–H groups in total. The Morgan fingerprint density at radius 3 is 2.89 bits per heavy atom. The van der Waals surface area contributed by atoms with E-state index < -0.39 is 0 Å². The Hall–Kier alpha value is -2.21. The van der Waals surface area contributed by atoms with E-state index in [1.807, 2.05) is 6.07 Å². The second-order valence-electron chi connectivity index (χ2n) is 3.95. The molecule has 0 spiro atoms. The van der Waals surface area contributed by atoms with Crippen LogP contribution in [-0.4, -0.2) is 20.9 Å². The van der Waals surface area contributed by atoms with Crippen LogP contribution in [0.1, 0.15) is 10.4 Å². The molecule has 3 rings (SSSR count). The van der Waals surface area contributed by atoms with Crippen molar-refractivity contribution >= 4 is 38.7 Å². The molecule has 3 aromatic rings. The average Bonchev–Trinajstić information content (AvgIpc) is 2.88. The molecule has 6 heteroatoms. The summed E-state index contributed by atoms with van der Waals surface area (Å²) in [6, 6.07) is 8.85. The molecule has 94 valence electrons. The highest BCUT2D eigenvalue weighted by atomic mass is 79.9. The van der Waals surface area contributed by atoms with Crippen molar-refractivity contribution in [3.63, 3.8) is 0 Å². The SMILES string of the molecule is O=C(Nc1ccc(Br)cn1)c1ccc2nc[nH]c2c1. The Kier molecular flexibility index (Phi) is 3.00. The van der Waals surface area contributed by atoms with Crippen molar-refractivity contribution in [3.8, 4) is 0 Å². The summed E-state index contributed by atoms with van der Waals surface area (Å²) in [4.78, 5) is 23.2. The molecule has 5 nitrogen and oxygen atoms in total. The molecular formula is C13H9BrN4O. The number of rotatable bonds is 2. The summed E-state index contributed by atoms with van der Waals surface area (Å²) in [6.45, 7) is 0. The number of halogens is 1. The predicted molar refractivity (Wildman–Crippen MR) is 76.0 cm³/mol. The minimum absolute atomic E-state index is 0.202. The minimum Gasteiger partial charge on any atom is -0.345 e. The quantitative estimate of drug-likeness (QED) is 0.763. The predicted octanol–water partition coefficient (Wildman–Crippen LogP) is 2.97. The first-order chi connectivity index (χ1) is 9.22. The molecule has 19 heavy (non-hydrogen) atoms. The Morgan fingerprint density at radius 2 is 2.11 bits per heavy atom. The second-order valence-corrected chi connectivity index (χ2v) is 4.87. The van der Waals surface area contributed by atoms with E-state index in [2.05, 4.69) is 36.2 Å². The van der Waals surface area contributed by atoms with Crippen LogP contribution in [0.5, 0.6) is 0 Å². The standard InChI is InChI=1S/C13H9BrN4O/c14-9-2-4-12(15-6-9)18-13(19)8-1-3-10-11(5-8)17-7-16-10/h1-7H,(H,16,17)(H,15,18,19). The van der Waals surface area contributed by atoms with Gasteiger partial charge in [-0.3, -0.25) is 4.79 Å². The number of hydrogen-bond acceptors (Lipinski definition) is 3. The zero-order valence-corrected chi connectivity index (χ0v) is 11.3. The Morgan fingerprint density at radius 1 is 1.21 bits per heavy atom. The average molecular weight is 317 g/mol. The maximum atomic E-state index is 12.1. The van der Waals surface area contributed by atoms with E-state index in [0.717, 1.165) is 15.5 Å². The maximum absolute atomic E-state index is 12.1. The molecule has 1 amide bonds. The monoisotopic (exact) mass is 316 g/mol. The third-order valence-corrected chi connectivity index (χ3v) is 3.12. The molecular weight excluding hydrogens is 308 g/mol. The van der Waals surface area contributed by atoms with Crippen LogP contribution in [0.25, 0.3) is 11.0 Å². The number of imidazole rings is 1. The zero-order valence-electron chi connectivity index (χ0n) is 9.72. The molecule has 0 atom stereocenters. The summed E-state index contributed by atoms with van der Waals surface area (Å²) in [6.07, 6.45) is 3.23. The number of amides is 1. The lowest BCUT2D eigenvalue weighted by Gasteiger charge is -2.04. The largest absolute Gasteiger partial charge is 0.345 e. The lowest BCUT2D eigenvalue weighted by Crippen LogP contribution is -2.12. The molecule has 1 aromatic carbocycles. The molecule has 0 aliphatic carbocycles. The van der Waals surface area contributed by atoms with Gasteiger partial charge in [-0.25, -0.2) is 9.97 Å². The Bertz CT molecular complexity index is 736. The van der Waals surface area contributed by atoms with Gasteiger partial charge < -0.3 is 10.3 Å². The van der Waals surface area contributed by atoms with Crippen molar-refractivity contribution in [1.82, 2.24) is 15.0 Å². The van der Waals surface area contributed by atoms with Gasteiger partial charge in [0, 0.05) is 16.2 Å². The smallest absolute Gasteiger partial charge is 0.256 e. The molecule has 0 unspecified atom stereocenters. The number of anilines is 1. The first-order valence-corrected chi connectivity index (χ1v) is 6.38. The highest BCUT2D eigenvalue weighted by molar-refractivity contribution is 9.10. The van der Waals surface area contributed by atoms with Gasteiger partial charge in [0.05, 0.1) is 17.4 Å². The number of hydrogen-bond donors (Lipinski definition) is 2.